The molecule has 1 heterocycles. The normalized spacial score (nSPS) is 15.9. The minimum Gasteiger partial charge on any atom is -0.339 e. The fourth-order valence-corrected chi connectivity index (χ4v) is 3.45. The standard InChI is InChI=1S/C21H23ClN6O2/c1-12-11-27(17-7-5-16(22)6-8-17)19-10-15(21(30)26-25-14(3)29)4-9-18(19)28(13(2)23)20(12)24/h4-10,12,23-24H,11H2,1-3H3,(H,25,29)(H,26,30)/t12-/m1/s1. The first-order valence-electron chi connectivity index (χ1n) is 9.37. The Kier molecular flexibility index (Phi) is 6.07. The lowest BCUT2D eigenvalue weighted by Gasteiger charge is -2.27. The molecule has 1 aliphatic heterocycles. The molecule has 8 nitrogen and oxygen atoms in total. The van der Waals surface area contributed by atoms with Crippen molar-refractivity contribution in [3.63, 3.8) is 0 Å². The van der Waals surface area contributed by atoms with Crippen LogP contribution in [0.1, 0.15) is 31.1 Å². The second-order valence-corrected chi connectivity index (χ2v) is 7.57. The molecule has 0 bridgehead atoms. The Morgan fingerprint density at radius 1 is 1.07 bits per heavy atom. The molecule has 0 aliphatic carbocycles. The highest BCUT2D eigenvalue weighted by Gasteiger charge is 2.31. The Morgan fingerprint density at radius 2 is 1.73 bits per heavy atom. The molecule has 0 fully saturated rings. The summed E-state index contributed by atoms with van der Waals surface area (Å²) in [5, 5.41) is 17.4. The number of carbonyl (C=O) groups excluding carboxylic acids is 2. The van der Waals surface area contributed by atoms with Gasteiger partial charge in [-0.2, -0.15) is 0 Å². The lowest BCUT2D eigenvalue weighted by Crippen LogP contribution is -2.40. The molecule has 0 saturated carbocycles. The van der Waals surface area contributed by atoms with Crippen molar-refractivity contribution in [1.29, 1.82) is 10.8 Å². The van der Waals surface area contributed by atoms with Crippen LogP contribution in [0.25, 0.3) is 0 Å². The van der Waals surface area contributed by atoms with Crippen LogP contribution in [0.2, 0.25) is 5.02 Å². The lowest BCUT2D eigenvalue weighted by molar-refractivity contribution is -0.119. The Balaban J connectivity index is 2.14. The first kappa shape index (κ1) is 21.3. The van der Waals surface area contributed by atoms with E-state index in [1.54, 1.807) is 42.2 Å². The third-order valence-electron chi connectivity index (χ3n) is 4.76. The highest BCUT2D eigenvalue weighted by atomic mass is 35.5. The average Bonchev–Trinajstić information content (AvgIpc) is 2.81. The number of nitrogens with one attached hydrogen (secondary N) is 4. The number of benzene rings is 2. The summed E-state index contributed by atoms with van der Waals surface area (Å²) in [6, 6.07) is 12.3. The van der Waals surface area contributed by atoms with Crippen molar-refractivity contribution in [2.75, 3.05) is 16.3 Å². The molecule has 0 spiro atoms. The molecule has 0 saturated heterocycles. The molecule has 1 atom stereocenters. The summed E-state index contributed by atoms with van der Waals surface area (Å²) in [6.45, 7) is 5.34. The third-order valence-corrected chi connectivity index (χ3v) is 5.01. The second kappa shape index (κ2) is 8.54. The Morgan fingerprint density at radius 3 is 2.33 bits per heavy atom. The van der Waals surface area contributed by atoms with Crippen LogP contribution in [-0.2, 0) is 4.79 Å². The summed E-state index contributed by atoms with van der Waals surface area (Å²) >= 11 is 6.05. The largest absolute Gasteiger partial charge is 0.339 e. The summed E-state index contributed by atoms with van der Waals surface area (Å²) in [5.74, 6) is -0.509. The number of hydrogen-bond acceptors (Lipinski definition) is 5. The maximum Gasteiger partial charge on any atom is 0.269 e. The molecule has 156 valence electrons. The van der Waals surface area contributed by atoms with Gasteiger partial charge in [0.25, 0.3) is 5.91 Å². The van der Waals surface area contributed by atoms with Crippen LogP contribution in [0, 0.1) is 16.7 Å². The Hall–Kier alpha value is -3.39. The van der Waals surface area contributed by atoms with Crippen molar-refractivity contribution < 1.29 is 9.59 Å². The lowest BCUT2D eigenvalue weighted by atomic mass is 10.1. The van der Waals surface area contributed by atoms with Crippen LogP contribution in [0.4, 0.5) is 17.1 Å². The van der Waals surface area contributed by atoms with Gasteiger partial charge in [-0.25, -0.2) is 0 Å². The molecule has 0 radical (unpaired) electrons. The van der Waals surface area contributed by atoms with Crippen LogP contribution in [0.15, 0.2) is 42.5 Å². The fourth-order valence-electron chi connectivity index (χ4n) is 3.32. The number of hydrazine groups is 1. The molecule has 2 aromatic rings. The summed E-state index contributed by atoms with van der Waals surface area (Å²) in [4.78, 5) is 27.2. The van der Waals surface area contributed by atoms with Crippen molar-refractivity contribution in [1.82, 2.24) is 10.9 Å². The van der Waals surface area contributed by atoms with E-state index in [1.807, 2.05) is 24.0 Å². The highest BCUT2D eigenvalue weighted by Crippen LogP contribution is 2.39. The number of rotatable bonds is 2. The van der Waals surface area contributed by atoms with Crippen LogP contribution < -0.4 is 20.7 Å². The zero-order chi connectivity index (χ0) is 22.0. The molecule has 0 unspecified atom stereocenters. The van der Waals surface area contributed by atoms with E-state index >= 15 is 0 Å². The van der Waals surface area contributed by atoms with Crippen LogP contribution in [0.5, 0.6) is 0 Å². The molecule has 3 rings (SSSR count). The number of hydrogen-bond donors (Lipinski definition) is 4. The van der Waals surface area contributed by atoms with Gasteiger partial charge in [0.05, 0.1) is 11.4 Å². The van der Waals surface area contributed by atoms with Gasteiger partial charge in [-0.05, 0) is 49.4 Å². The molecule has 4 N–H and O–H groups in total. The number of halogens is 1. The molecule has 2 amide bonds. The molecule has 1 aliphatic rings. The smallest absolute Gasteiger partial charge is 0.269 e. The van der Waals surface area contributed by atoms with E-state index in [1.165, 1.54) is 6.92 Å². The zero-order valence-corrected chi connectivity index (χ0v) is 17.7. The number of amidine groups is 2. The van der Waals surface area contributed by atoms with E-state index < -0.39 is 5.91 Å². The summed E-state index contributed by atoms with van der Waals surface area (Å²) < 4.78 is 0. The number of amides is 2. The molecule has 9 heteroatoms. The monoisotopic (exact) mass is 426 g/mol. The van der Waals surface area contributed by atoms with Gasteiger partial charge in [0, 0.05) is 35.7 Å². The molecule has 2 aromatic carbocycles. The van der Waals surface area contributed by atoms with Crippen molar-refractivity contribution in [3.8, 4) is 0 Å². The van der Waals surface area contributed by atoms with Gasteiger partial charge < -0.3 is 4.90 Å². The zero-order valence-electron chi connectivity index (χ0n) is 16.9. The van der Waals surface area contributed by atoms with Gasteiger partial charge in [-0.3, -0.25) is 36.2 Å². The van der Waals surface area contributed by atoms with Crippen molar-refractivity contribution in [2.24, 2.45) is 5.92 Å². The van der Waals surface area contributed by atoms with E-state index in [2.05, 4.69) is 10.9 Å². The van der Waals surface area contributed by atoms with Gasteiger partial charge in [0.15, 0.2) is 0 Å². The van der Waals surface area contributed by atoms with Crippen molar-refractivity contribution >= 4 is 52.1 Å². The number of nitrogens with zero attached hydrogens (tertiary/aromatic N) is 2. The molecule has 30 heavy (non-hydrogen) atoms. The van der Waals surface area contributed by atoms with Gasteiger partial charge in [-0.1, -0.05) is 18.5 Å². The van der Waals surface area contributed by atoms with E-state index in [0.29, 0.717) is 34.3 Å². The Labute approximate surface area is 179 Å². The molecule has 0 aromatic heterocycles. The topological polar surface area (TPSA) is 112 Å². The average molecular weight is 427 g/mol. The van der Waals surface area contributed by atoms with Crippen molar-refractivity contribution in [2.45, 2.75) is 20.8 Å². The van der Waals surface area contributed by atoms with Crippen molar-refractivity contribution in [3.05, 3.63) is 53.1 Å². The number of anilines is 3. The van der Waals surface area contributed by atoms with Crippen LogP contribution in [-0.4, -0.2) is 30.0 Å². The molecular formula is C21H23ClN6O2. The quantitative estimate of drug-likeness (QED) is 0.333. The van der Waals surface area contributed by atoms with Crippen LogP contribution >= 0.6 is 11.6 Å². The predicted molar refractivity (Wildman–Crippen MR) is 119 cm³/mol. The Bertz CT molecular complexity index is 1020. The minimum absolute atomic E-state index is 0.176. The fraction of sp³-hybridized carbons (Fsp3) is 0.238. The number of fused-ring (bicyclic) bond motifs is 1. The van der Waals surface area contributed by atoms with E-state index in [-0.39, 0.29) is 17.7 Å². The van der Waals surface area contributed by atoms with E-state index in [4.69, 9.17) is 22.4 Å². The SMILES string of the molecule is CC(=N)N1C(=N)[C@H](C)CN(c2ccc(Cl)cc2)c2cc(C(=O)NNC(C)=O)ccc21. The first-order chi connectivity index (χ1) is 14.2. The van der Waals surface area contributed by atoms with E-state index in [0.717, 1.165) is 5.69 Å². The summed E-state index contributed by atoms with van der Waals surface area (Å²) in [6.07, 6.45) is 0. The summed E-state index contributed by atoms with van der Waals surface area (Å²) in [5.41, 5.74) is 7.13. The minimum atomic E-state index is -0.463. The van der Waals surface area contributed by atoms with Gasteiger partial charge >= 0.3 is 0 Å². The second-order valence-electron chi connectivity index (χ2n) is 7.13. The maximum atomic E-state index is 12.5. The first-order valence-corrected chi connectivity index (χ1v) is 9.74. The van der Waals surface area contributed by atoms with Gasteiger partial charge in [0.1, 0.15) is 11.7 Å². The third kappa shape index (κ3) is 4.28. The van der Waals surface area contributed by atoms with Gasteiger partial charge in [0.2, 0.25) is 5.91 Å². The summed E-state index contributed by atoms with van der Waals surface area (Å²) in [7, 11) is 0. The number of carbonyl (C=O) groups is 2. The van der Waals surface area contributed by atoms with Gasteiger partial charge in [-0.15, -0.1) is 0 Å². The predicted octanol–water partition coefficient (Wildman–Crippen LogP) is 3.69. The van der Waals surface area contributed by atoms with E-state index in [9.17, 15) is 9.59 Å². The molecular weight excluding hydrogens is 404 g/mol. The van der Waals surface area contributed by atoms with Crippen LogP contribution in [0.3, 0.4) is 0 Å². The highest BCUT2D eigenvalue weighted by molar-refractivity contribution is 6.30. The maximum absolute atomic E-state index is 12.5.